The molecule has 162 valence electrons. The summed E-state index contributed by atoms with van der Waals surface area (Å²) in [6.45, 7) is 3.89. The minimum atomic E-state index is -0.480. The molecule has 1 N–H and O–H groups in total. The second-order valence-electron chi connectivity index (χ2n) is 7.39. The molecule has 4 nitrogen and oxygen atoms in total. The number of halogens is 2. The van der Waals surface area contributed by atoms with Crippen molar-refractivity contribution in [3.05, 3.63) is 97.5 Å². The van der Waals surface area contributed by atoms with E-state index in [1.807, 2.05) is 62.4 Å². The molecule has 0 aliphatic heterocycles. The molecule has 0 heterocycles. The Bertz CT molecular complexity index is 1250. The van der Waals surface area contributed by atoms with Gasteiger partial charge in [0.15, 0.2) is 0 Å². The number of rotatable bonds is 6. The van der Waals surface area contributed by atoms with E-state index < -0.39 is 5.91 Å². The van der Waals surface area contributed by atoms with E-state index >= 15 is 0 Å². The summed E-state index contributed by atoms with van der Waals surface area (Å²) in [6, 6.07) is 19.1. The SMILES string of the molecule is COc1cc(/C=C(\C#N)C(=O)Nc2ccc(C)cc2C)cc(Cl)c1Cc1ccccc1Br. The van der Waals surface area contributed by atoms with E-state index in [1.54, 1.807) is 19.2 Å². The number of amides is 1. The maximum Gasteiger partial charge on any atom is 0.266 e. The van der Waals surface area contributed by atoms with Gasteiger partial charge in [-0.1, -0.05) is 63.4 Å². The molecule has 0 spiro atoms. The summed E-state index contributed by atoms with van der Waals surface area (Å²) in [5, 5.41) is 12.9. The third kappa shape index (κ3) is 5.59. The predicted octanol–water partition coefficient (Wildman–Crippen LogP) is 6.86. The number of hydrogen-bond donors (Lipinski definition) is 1. The van der Waals surface area contributed by atoms with Crippen molar-refractivity contribution in [1.82, 2.24) is 0 Å². The van der Waals surface area contributed by atoms with Crippen molar-refractivity contribution in [3.63, 3.8) is 0 Å². The summed E-state index contributed by atoms with van der Waals surface area (Å²) in [7, 11) is 1.57. The number of nitriles is 1. The van der Waals surface area contributed by atoms with Gasteiger partial charge >= 0.3 is 0 Å². The second-order valence-corrected chi connectivity index (χ2v) is 8.66. The Morgan fingerprint density at radius 2 is 1.94 bits per heavy atom. The summed E-state index contributed by atoms with van der Waals surface area (Å²) in [4.78, 5) is 12.7. The average Bonchev–Trinajstić information content (AvgIpc) is 2.76. The van der Waals surface area contributed by atoms with E-state index in [0.717, 1.165) is 26.7 Å². The molecule has 3 aromatic rings. The van der Waals surface area contributed by atoms with Crippen LogP contribution in [0.3, 0.4) is 0 Å². The van der Waals surface area contributed by atoms with Gasteiger partial charge in [0.2, 0.25) is 0 Å². The zero-order valence-corrected chi connectivity index (χ0v) is 20.3. The standard InChI is InChI=1S/C26H22BrClN2O2/c1-16-8-9-24(17(2)10-16)30-26(31)20(15-29)11-18-12-23(28)21(25(13-18)32-3)14-19-6-4-5-7-22(19)27/h4-13H,14H2,1-3H3,(H,30,31)/b20-11+. The molecule has 0 aromatic heterocycles. The van der Waals surface area contributed by atoms with Crippen molar-refractivity contribution in [2.45, 2.75) is 20.3 Å². The van der Waals surface area contributed by atoms with Gasteiger partial charge in [0.05, 0.1) is 7.11 Å². The van der Waals surface area contributed by atoms with Crippen LogP contribution in [0.2, 0.25) is 5.02 Å². The fraction of sp³-hybridized carbons (Fsp3) is 0.154. The van der Waals surface area contributed by atoms with Crippen molar-refractivity contribution in [3.8, 4) is 11.8 Å². The molecule has 0 saturated heterocycles. The molecule has 3 rings (SSSR count). The number of ether oxygens (including phenoxy) is 1. The number of aryl methyl sites for hydroxylation is 2. The zero-order chi connectivity index (χ0) is 23.3. The van der Waals surface area contributed by atoms with Crippen LogP contribution in [-0.4, -0.2) is 13.0 Å². The molecule has 6 heteroatoms. The number of nitrogens with one attached hydrogen (secondary N) is 1. The fourth-order valence-corrected chi connectivity index (χ4v) is 4.07. The Balaban J connectivity index is 1.90. The molecular formula is C26H22BrClN2O2. The molecule has 0 bridgehead atoms. The van der Waals surface area contributed by atoms with Crippen molar-refractivity contribution < 1.29 is 9.53 Å². The van der Waals surface area contributed by atoms with Crippen molar-refractivity contribution in [2.75, 3.05) is 12.4 Å². The van der Waals surface area contributed by atoms with Gasteiger partial charge in [-0.3, -0.25) is 4.79 Å². The van der Waals surface area contributed by atoms with Crippen LogP contribution in [0.25, 0.3) is 6.08 Å². The number of hydrogen-bond acceptors (Lipinski definition) is 3. The number of carbonyl (C=O) groups excluding carboxylic acids is 1. The highest BCUT2D eigenvalue weighted by molar-refractivity contribution is 9.10. The first-order valence-corrected chi connectivity index (χ1v) is 11.1. The summed E-state index contributed by atoms with van der Waals surface area (Å²) in [5.74, 6) is 0.110. The lowest BCUT2D eigenvalue weighted by Crippen LogP contribution is -2.14. The van der Waals surface area contributed by atoms with E-state index in [0.29, 0.717) is 28.4 Å². The Hall–Kier alpha value is -3.07. The fourth-order valence-electron chi connectivity index (χ4n) is 3.36. The van der Waals surface area contributed by atoms with Crippen LogP contribution in [0.4, 0.5) is 5.69 Å². The molecule has 0 fully saturated rings. The summed E-state index contributed by atoms with van der Waals surface area (Å²) in [5.41, 5.74) is 5.17. The van der Waals surface area contributed by atoms with Gasteiger partial charge in [-0.15, -0.1) is 0 Å². The van der Waals surface area contributed by atoms with Gasteiger partial charge in [0.1, 0.15) is 17.4 Å². The lowest BCUT2D eigenvalue weighted by Gasteiger charge is -2.13. The van der Waals surface area contributed by atoms with Crippen LogP contribution in [-0.2, 0) is 11.2 Å². The maximum atomic E-state index is 12.7. The number of benzene rings is 3. The maximum absolute atomic E-state index is 12.7. The second kappa shape index (κ2) is 10.5. The van der Waals surface area contributed by atoms with Gasteiger partial charge in [-0.05, 0) is 60.9 Å². The van der Waals surface area contributed by atoms with Crippen LogP contribution >= 0.6 is 27.5 Å². The Kier molecular flexibility index (Phi) is 7.74. The first kappa shape index (κ1) is 23.6. The van der Waals surface area contributed by atoms with Crippen LogP contribution in [0, 0.1) is 25.2 Å². The van der Waals surface area contributed by atoms with E-state index in [9.17, 15) is 10.1 Å². The smallest absolute Gasteiger partial charge is 0.266 e. The predicted molar refractivity (Wildman–Crippen MR) is 133 cm³/mol. The van der Waals surface area contributed by atoms with E-state index in [4.69, 9.17) is 16.3 Å². The minimum Gasteiger partial charge on any atom is -0.496 e. The molecule has 0 saturated carbocycles. The normalized spacial score (nSPS) is 11.1. The van der Waals surface area contributed by atoms with Gasteiger partial charge in [-0.2, -0.15) is 5.26 Å². The first-order chi connectivity index (χ1) is 15.3. The molecule has 0 radical (unpaired) electrons. The highest BCUT2D eigenvalue weighted by atomic mass is 79.9. The van der Waals surface area contributed by atoms with Gasteiger partial charge in [0, 0.05) is 27.2 Å². The van der Waals surface area contributed by atoms with Crippen LogP contribution in [0.1, 0.15) is 27.8 Å². The number of carbonyl (C=O) groups is 1. The molecule has 0 aliphatic rings. The third-order valence-corrected chi connectivity index (χ3v) is 6.14. The monoisotopic (exact) mass is 508 g/mol. The quantitative estimate of drug-likeness (QED) is 0.291. The number of anilines is 1. The minimum absolute atomic E-state index is 0.0263. The Morgan fingerprint density at radius 1 is 1.19 bits per heavy atom. The van der Waals surface area contributed by atoms with E-state index in [1.165, 1.54) is 6.08 Å². The molecule has 1 amide bonds. The van der Waals surface area contributed by atoms with E-state index in [2.05, 4.69) is 21.2 Å². The molecule has 0 unspecified atom stereocenters. The number of methoxy groups -OCH3 is 1. The lowest BCUT2D eigenvalue weighted by molar-refractivity contribution is -0.112. The Labute approximate surface area is 201 Å². The molecule has 0 atom stereocenters. The summed E-state index contributed by atoms with van der Waals surface area (Å²) >= 11 is 10.1. The van der Waals surface area contributed by atoms with Gasteiger partial charge in [0.25, 0.3) is 5.91 Å². The highest BCUT2D eigenvalue weighted by Gasteiger charge is 2.15. The van der Waals surface area contributed by atoms with Crippen molar-refractivity contribution >= 4 is 45.2 Å². The largest absolute Gasteiger partial charge is 0.496 e. The zero-order valence-electron chi connectivity index (χ0n) is 18.0. The lowest BCUT2D eigenvalue weighted by atomic mass is 10.0. The molecule has 3 aromatic carbocycles. The molecule has 0 aliphatic carbocycles. The van der Waals surface area contributed by atoms with E-state index in [-0.39, 0.29) is 5.57 Å². The van der Waals surface area contributed by atoms with Crippen LogP contribution < -0.4 is 10.1 Å². The summed E-state index contributed by atoms with van der Waals surface area (Å²) in [6.07, 6.45) is 2.08. The highest BCUT2D eigenvalue weighted by Crippen LogP contribution is 2.33. The average molecular weight is 510 g/mol. The Morgan fingerprint density at radius 3 is 2.59 bits per heavy atom. The van der Waals surface area contributed by atoms with Crippen LogP contribution in [0.5, 0.6) is 5.75 Å². The number of nitrogens with zero attached hydrogens (tertiary/aromatic N) is 1. The topological polar surface area (TPSA) is 62.1 Å². The van der Waals surface area contributed by atoms with Crippen molar-refractivity contribution in [2.24, 2.45) is 0 Å². The van der Waals surface area contributed by atoms with Gasteiger partial charge in [-0.25, -0.2) is 0 Å². The molecular weight excluding hydrogens is 488 g/mol. The first-order valence-electron chi connectivity index (χ1n) is 9.92. The van der Waals surface area contributed by atoms with Gasteiger partial charge < -0.3 is 10.1 Å². The molecule has 32 heavy (non-hydrogen) atoms. The third-order valence-electron chi connectivity index (χ3n) is 5.03. The van der Waals surface area contributed by atoms with Crippen LogP contribution in [0.15, 0.2) is 64.6 Å². The van der Waals surface area contributed by atoms with Crippen molar-refractivity contribution in [1.29, 1.82) is 5.26 Å². The summed E-state index contributed by atoms with van der Waals surface area (Å²) < 4.78 is 6.55.